The van der Waals surface area contributed by atoms with E-state index >= 15 is 0 Å². The fourth-order valence-corrected chi connectivity index (χ4v) is 2.58. The molecule has 3 nitrogen and oxygen atoms in total. The predicted octanol–water partition coefficient (Wildman–Crippen LogP) is 7.01. The summed E-state index contributed by atoms with van der Waals surface area (Å²) in [6, 6.07) is 8.35. The highest BCUT2D eigenvalue weighted by molar-refractivity contribution is 6.32. The molecule has 0 saturated carbocycles. The van der Waals surface area contributed by atoms with Crippen molar-refractivity contribution in [3.63, 3.8) is 0 Å². The molecule has 0 saturated heterocycles. The van der Waals surface area contributed by atoms with E-state index in [1.807, 2.05) is 0 Å². The van der Waals surface area contributed by atoms with E-state index in [0.717, 1.165) is 17.7 Å². The summed E-state index contributed by atoms with van der Waals surface area (Å²) < 4.78 is 43.6. The van der Waals surface area contributed by atoms with E-state index in [4.69, 9.17) is 27.9 Å². The lowest BCUT2D eigenvalue weighted by molar-refractivity contribution is -0.137. The van der Waals surface area contributed by atoms with Crippen molar-refractivity contribution in [3.05, 3.63) is 57.6 Å². The summed E-state index contributed by atoms with van der Waals surface area (Å²) in [6.07, 6.45) is -2.86. The van der Waals surface area contributed by atoms with Gasteiger partial charge in [0.05, 0.1) is 22.7 Å². The van der Waals surface area contributed by atoms with Gasteiger partial charge < -0.3 is 10.1 Å². The van der Waals surface area contributed by atoms with E-state index in [1.54, 1.807) is 18.2 Å². The Bertz CT molecular complexity index is 796. The maximum Gasteiger partial charge on any atom is 0.417 e. The van der Waals surface area contributed by atoms with Gasteiger partial charge >= 0.3 is 6.18 Å². The number of hydrogen-bond acceptors (Lipinski definition) is 2. The SMILES string of the molecule is CCC.COc1cc(CCC(=O)Nc2ccc(Cl)c(C(F)(F)F)c2)ccc1Cl. The Morgan fingerprint density at radius 2 is 1.68 bits per heavy atom. The van der Waals surface area contributed by atoms with Gasteiger partial charge in [-0.1, -0.05) is 49.5 Å². The van der Waals surface area contributed by atoms with Crippen LogP contribution in [0.25, 0.3) is 0 Å². The van der Waals surface area contributed by atoms with Crippen LogP contribution in [0.3, 0.4) is 0 Å². The van der Waals surface area contributed by atoms with E-state index in [0.29, 0.717) is 17.2 Å². The number of methoxy groups -OCH3 is 1. The van der Waals surface area contributed by atoms with Crippen LogP contribution in [0.2, 0.25) is 10.0 Å². The normalized spacial score (nSPS) is 10.7. The highest BCUT2D eigenvalue weighted by Gasteiger charge is 2.33. The van der Waals surface area contributed by atoms with Gasteiger partial charge in [0.15, 0.2) is 0 Å². The summed E-state index contributed by atoms with van der Waals surface area (Å²) in [7, 11) is 1.48. The quantitative estimate of drug-likeness (QED) is 0.548. The molecule has 0 radical (unpaired) electrons. The van der Waals surface area contributed by atoms with Crippen molar-refractivity contribution in [2.75, 3.05) is 12.4 Å². The molecule has 154 valence electrons. The lowest BCUT2D eigenvalue weighted by atomic mass is 10.1. The Morgan fingerprint density at radius 1 is 1.07 bits per heavy atom. The number of anilines is 1. The van der Waals surface area contributed by atoms with E-state index in [-0.39, 0.29) is 12.1 Å². The highest BCUT2D eigenvalue weighted by atomic mass is 35.5. The zero-order chi connectivity index (χ0) is 21.3. The predicted molar refractivity (Wildman–Crippen MR) is 107 cm³/mol. The van der Waals surface area contributed by atoms with Crippen LogP contribution in [0.1, 0.15) is 37.8 Å². The summed E-state index contributed by atoms with van der Waals surface area (Å²) in [5.74, 6) is 0.0801. The number of carbonyl (C=O) groups excluding carboxylic acids is 1. The van der Waals surface area contributed by atoms with Crippen LogP contribution in [0.4, 0.5) is 18.9 Å². The highest BCUT2D eigenvalue weighted by Crippen LogP contribution is 2.36. The standard InChI is InChI=1S/C17H14Cl2F3NO2.C3H8/c1-25-15-8-10(2-5-14(15)19)3-7-16(24)23-11-4-6-13(18)12(9-11)17(20,21)22;1-3-2/h2,4-6,8-9H,3,7H2,1H3,(H,23,24);3H2,1-2H3. The molecule has 0 aliphatic heterocycles. The number of nitrogens with one attached hydrogen (secondary N) is 1. The van der Waals surface area contributed by atoms with Crippen molar-refractivity contribution in [2.24, 2.45) is 0 Å². The Hall–Kier alpha value is -1.92. The van der Waals surface area contributed by atoms with Gasteiger partial charge in [-0.05, 0) is 42.3 Å². The first-order valence-corrected chi connectivity index (χ1v) is 9.36. The molecule has 1 N–H and O–H groups in total. The third-order valence-electron chi connectivity index (χ3n) is 3.41. The molecule has 0 aliphatic rings. The van der Waals surface area contributed by atoms with Gasteiger partial charge in [0.2, 0.25) is 5.91 Å². The first-order valence-electron chi connectivity index (χ1n) is 8.61. The fourth-order valence-electron chi connectivity index (χ4n) is 2.16. The van der Waals surface area contributed by atoms with Gasteiger partial charge in [0.1, 0.15) is 5.75 Å². The number of alkyl halides is 3. The molecule has 0 heterocycles. The molecule has 28 heavy (non-hydrogen) atoms. The Morgan fingerprint density at radius 3 is 2.25 bits per heavy atom. The number of benzene rings is 2. The van der Waals surface area contributed by atoms with Crippen molar-refractivity contribution in [1.82, 2.24) is 0 Å². The van der Waals surface area contributed by atoms with Crippen LogP contribution >= 0.6 is 23.2 Å². The number of halogens is 5. The van der Waals surface area contributed by atoms with Crippen LogP contribution < -0.4 is 10.1 Å². The number of carbonyl (C=O) groups is 1. The van der Waals surface area contributed by atoms with Crippen LogP contribution in [0, 0.1) is 0 Å². The number of ether oxygens (including phenoxy) is 1. The second-order valence-electron chi connectivity index (χ2n) is 5.92. The van der Waals surface area contributed by atoms with Crippen molar-refractivity contribution < 1.29 is 22.7 Å². The third-order valence-corrected chi connectivity index (χ3v) is 4.05. The molecule has 0 bridgehead atoms. The lowest BCUT2D eigenvalue weighted by Crippen LogP contribution is -2.14. The van der Waals surface area contributed by atoms with E-state index < -0.39 is 22.7 Å². The first-order chi connectivity index (χ1) is 13.1. The maximum absolute atomic E-state index is 12.8. The molecule has 0 fully saturated rings. The molecule has 2 aromatic carbocycles. The van der Waals surface area contributed by atoms with Crippen molar-refractivity contribution >= 4 is 34.8 Å². The van der Waals surface area contributed by atoms with Gasteiger partial charge in [0, 0.05) is 12.1 Å². The summed E-state index contributed by atoms with van der Waals surface area (Å²) in [5, 5.41) is 2.47. The zero-order valence-corrected chi connectivity index (χ0v) is 17.3. The summed E-state index contributed by atoms with van der Waals surface area (Å²) in [6.45, 7) is 4.25. The summed E-state index contributed by atoms with van der Waals surface area (Å²) >= 11 is 11.5. The average Bonchev–Trinajstić information content (AvgIpc) is 2.62. The second-order valence-corrected chi connectivity index (χ2v) is 6.73. The molecule has 0 spiro atoms. The smallest absolute Gasteiger partial charge is 0.417 e. The minimum Gasteiger partial charge on any atom is -0.495 e. The first kappa shape index (κ1) is 24.1. The Kier molecular flexibility index (Phi) is 9.62. The molecular formula is C20H22Cl2F3NO2. The summed E-state index contributed by atoms with van der Waals surface area (Å²) in [4.78, 5) is 12.0. The van der Waals surface area contributed by atoms with Crippen molar-refractivity contribution in [2.45, 2.75) is 39.3 Å². The molecule has 0 unspecified atom stereocenters. The van der Waals surface area contributed by atoms with Crippen LogP contribution in [0.5, 0.6) is 5.75 Å². The van der Waals surface area contributed by atoms with Gasteiger partial charge in [-0.25, -0.2) is 0 Å². The minimum absolute atomic E-state index is 0.0374. The monoisotopic (exact) mass is 435 g/mol. The van der Waals surface area contributed by atoms with Crippen LogP contribution in [-0.2, 0) is 17.4 Å². The molecule has 2 aromatic rings. The Labute approximate surface area is 172 Å². The Balaban J connectivity index is 0.00000122. The number of hydrogen-bond donors (Lipinski definition) is 1. The zero-order valence-electron chi connectivity index (χ0n) is 15.8. The fraction of sp³-hybridized carbons (Fsp3) is 0.350. The average molecular weight is 436 g/mol. The summed E-state index contributed by atoms with van der Waals surface area (Å²) in [5.41, 5.74) is -0.131. The third kappa shape index (κ3) is 7.60. The molecular weight excluding hydrogens is 414 g/mol. The second kappa shape index (κ2) is 11.2. The van der Waals surface area contributed by atoms with Gasteiger partial charge in [-0.15, -0.1) is 0 Å². The molecule has 0 atom stereocenters. The lowest BCUT2D eigenvalue weighted by Gasteiger charge is -2.12. The largest absolute Gasteiger partial charge is 0.495 e. The number of amides is 1. The van der Waals surface area contributed by atoms with Crippen LogP contribution in [-0.4, -0.2) is 13.0 Å². The van der Waals surface area contributed by atoms with Crippen LogP contribution in [0.15, 0.2) is 36.4 Å². The molecule has 2 rings (SSSR count). The minimum atomic E-state index is -4.59. The van der Waals surface area contributed by atoms with E-state index in [9.17, 15) is 18.0 Å². The topological polar surface area (TPSA) is 38.3 Å². The molecule has 0 aromatic heterocycles. The molecule has 0 aliphatic carbocycles. The molecule has 8 heteroatoms. The number of rotatable bonds is 5. The van der Waals surface area contributed by atoms with Gasteiger partial charge in [-0.3, -0.25) is 4.79 Å². The molecule has 1 amide bonds. The van der Waals surface area contributed by atoms with Crippen molar-refractivity contribution in [3.8, 4) is 5.75 Å². The van der Waals surface area contributed by atoms with Gasteiger partial charge in [0.25, 0.3) is 0 Å². The van der Waals surface area contributed by atoms with E-state index in [1.165, 1.54) is 19.6 Å². The van der Waals surface area contributed by atoms with Crippen molar-refractivity contribution in [1.29, 1.82) is 0 Å². The van der Waals surface area contributed by atoms with Gasteiger partial charge in [-0.2, -0.15) is 13.2 Å². The van der Waals surface area contributed by atoms with E-state index in [2.05, 4.69) is 19.2 Å². The maximum atomic E-state index is 12.8. The number of aryl methyl sites for hydroxylation is 1.